The van der Waals surface area contributed by atoms with Crippen LogP contribution >= 0.6 is 0 Å². The summed E-state index contributed by atoms with van der Waals surface area (Å²) in [5.74, 6) is -4.30. The average Bonchev–Trinajstić information content (AvgIpc) is 3.49. The first-order chi connectivity index (χ1) is 20.8. The number of sulfonamides is 2. The molecule has 0 bridgehead atoms. The number of nitrogens with one attached hydrogen (secondary N) is 4. The number of hydrogen-bond acceptors (Lipinski definition) is 8. The summed E-state index contributed by atoms with van der Waals surface area (Å²) in [6.45, 7) is 0. The standard InChI is InChI=1S/2C13H10F2N4O2S/c2*14-9-2-1-3-10(15)12(9)22(20,21)19-7-4-5-11-8(6-7)13(16)18-17-11/h2*1-6,19H,(H3,16,17,18). The van der Waals surface area contributed by atoms with E-state index in [1.165, 1.54) is 24.3 Å². The summed E-state index contributed by atoms with van der Waals surface area (Å²) in [6.07, 6.45) is 0. The molecule has 0 aliphatic rings. The van der Waals surface area contributed by atoms with Gasteiger partial charge in [0.15, 0.2) is 21.4 Å². The van der Waals surface area contributed by atoms with Crippen LogP contribution in [-0.4, -0.2) is 37.2 Å². The molecule has 0 atom stereocenters. The van der Waals surface area contributed by atoms with Gasteiger partial charge in [0.2, 0.25) is 0 Å². The van der Waals surface area contributed by atoms with Gasteiger partial charge in [-0.25, -0.2) is 34.4 Å². The number of anilines is 4. The molecule has 0 amide bonds. The third kappa shape index (κ3) is 5.92. The van der Waals surface area contributed by atoms with E-state index in [4.69, 9.17) is 11.5 Å². The predicted octanol–water partition coefficient (Wildman–Crippen LogP) is 4.45. The van der Waals surface area contributed by atoms with Crippen molar-refractivity contribution >= 4 is 64.9 Å². The molecule has 0 aliphatic carbocycles. The van der Waals surface area contributed by atoms with Gasteiger partial charge in [0.05, 0.1) is 11.0 Å². The molecule has 0 saturated heterocycles. The molecule has 228 valence electrons. The fourth-order valence-electron chi connectivity index (χ4n) is 4.09. The molecule has 12 nitrogen and oxygen atoms in total. The van der Waals surface area contributed by atoms with Crippen molar-refractivity contribution in [1.82, 2.24) is 20.4 Å². The molecule has 4 aromatic carbocycles. The summed E-state index contributed by atoms with van der Waals surface area (Å²) >= 11 is 0. The third-order valence-electron chi connectivity index (χ3n) is 6.06. The Balaban J connectivity index is 0.000000175. The normalized spacial score (nSPS) is 11.7. The lowest BCUT2D eigenvalue weighted by Gasteiger charge is -2.09. The first kappa shape index (κ1) is 30.1. The first-order valence-electron chi connectivity index (χ1n) is 12.2. The average molecular weight is 649 g/mol. The van der Waals surface area contributed by atoms with Gasteiger partial charge in [0.1, 0.15) is 23.3 Å². The Morgan fingerprint density at radius 3 is 1.25 bits per heavy atom. The van der Waals surface area contributed by atoms with Crippen LogP contribution in [0.25, 0.3) is 21.8 Å². The lowest BCUT2D eigenvalue weighted by molar-refractivity contribution is 0.519. The SMILES string of the molecule is Nc1n[nH]c2ccc(NS(=O)(=O)c3c(F)cccc3F)cc12.Nc1n[nH]c2ccc(NS(=O)(=O)c3c(F)cccc3F)cc12. The molecule has 0 aliphatic heterocycles. The number of benzene rings is 4. The Bertz CT molecular complexity index is 2060. The number of hydrogen-bond donors (Lipinski definition) is 6. The Hall–Kier alpha value is -5.36. The number of rotatable bonds is 6. The molecule has 0 radical (unpaired) electrons. The number of aromatic nitrogens is 4. The molecule has 0 spiro atoms. The maximum Gasteiger partial charge on any atom is 0.267 e. The van der Waals surface area contributed by atoms with Crippen LogP contribution in [0.15, 0.2) is 82.6 Å². The van der Waals surface area contributed by atoms with Crippen LogP contribution in [0.4, 0.5) is 40.6 Å². The van der Waals surface area contributed by atoms with E-state index in [1.807, 2.05) is 0 Å². The third-order valence-corrected chi connectivity index (χ3v) is 8.93. The lowest BCUT2D eigenvalue weighted by atomic mass is 10.2. The molecule has 0 unspecified atom stereocenters. The van der Waals surface area contributed by atoms with Gasteiger partial charge in [0, 0.05) is 22.1 Å². The van der Waals surface area contributed by atoms with Gasteiger partial charge in [-0.2, -0.15) is 10.2 Å². The number of H-pyrrole nitrogens is 2. The van der Waals surface area contributed by atoms with Gasteiger partial charge in [-0.05, 0) is 60.7 Å². The highest BCUT2D eigenvalue weighted by Gasteiger charge is 2.25. The van der Waals surface area contributed by atoms with Crippen LogP contribution in [0.2, 0.25) is 0 Å². The molecule has 18 heteroatoms. The second-order valence-electron chi connectivity index (χ2n) is 9.05. The first-order valence-corrected chi connectivity index (χ1v) is 15.1. The van der Waals surface area contributed by atoms with Gasteiger partial charge >= 0.3 is 0 Å². The minimum absolute atomic E-state index is 0.114. The van der Waals surface area contributed by atoms with Crippen LogP contribution in [0, 0.1) is 23.3 Å². The van der Waals surface area contributed by atoms with Crippen molar-refractivity contribution in [3.63, 3.8) is 0 Å². The number of nitrogens with two attached hydrogens (primary N) is 2. The Kier molecular flexibility index (Phi) is 7.79. The highest BCUT2D eigenvalue weighted by Crippen LogP contribution is 2.27. The summed E-state index contributed by atoms with van der Waals surface area (Å²) in [7, 11) is -8.82. The molecular formula is C26H20F4N8O4S2. The molecule has 2 heterocycles. The van der Waals surface area contributed by atoms with Crippen LogP contribution in [0.1, 0.15) is 0 Å². The highest BCUT2D eigenvalue weighted by molar-refractivity contribution is 7.93. The van der Waals surface area contributed by atoms with Gasteiger partial charge in [-0.3, -0.25) is 19.6 Å². The van der Waals surface area contributed by atoms with Gasteiger partial charge < -0.3 is 11.5 Å². The monoisotopic (exact) mass is 648 g/mol. The number of halogens is 4. The van der Waals surface area contributed by atoms with E-state index < -0.39 is 53.1 Å². The van der Waals surface area contributed by atoms with Gasteiger partial charge in [-0.15, -0.1) is 0 Å². The number of nitrogens with zero attached hydrogens (tertiary/aromatic N) is 2. The molecule has 8 N–H and O–H groups in total. The highest BCUT2D eigenvalue weighted by atomic mass is 32.2. The second kappa shape index (κ2) is 11.4. The summed E-state index contributed by atoms with van der Waals surface area (Å²) in [4.78, 5) is -2.06. The van der Waals surface area contributed by atoms with E-state index in [0.717, 1.165) is 36.4 Å². The topological polar surface area (TPSA) is 202 Å². The van der Waals surface area contributed by atoms with E-state index in [2.05, 4.69) is 29.8 Å². The van der Waals surface area contributed by atoms with Crippen LogP contribution in [0.3, 0.4) is 0 Å². The summed E-state index contributed by atoms with van der Waals surface area (Å²) in [6, 6.07) is 14.4. The Morgan fingerprint density at radius 2 is 0.909 bits per heavy atom. The zero-order chi connectivity index (χ0) is 31.8. The smallest absolute Gasteiger partial charge is 0.267 e. The van der Waals surface area contributed by atoms with Crippen molar-refractivity contribution in [2.75, 3.05) is 20.9 Å². The lowest BCUT2D eigenvalue weighted by Crippen LogP contribution is -2.16. The Morgan fingerprint density at radius 1 is 0.568 bits per heavy atom. The minimum Gasteiger partial charge on any atom is -0.382 e. The molecule has 2 aromatic heterocycles. The maximum absolute atomic E-state index is 13.6. The molecular weight excluding hydrogens is 628 g/mol. The van der Waals surface area contributed by atoms with Crippen LogP contribution < -0.4 is 20.9 Å². The summed E-state index contributed by atoms with van der Waals surface area (Å²) < 4.78 is 107. The maximum atomic E-state index is 13.6. The molecule has 0 fully saturated rings. The zero-order valence-electron chi connectivity index (χ0n) is 21.9. The predicted molar refractivity (Wildman–Crippen MR) is 155 cm³/mol. The molecule has 44 heavy (non-hydrogen) atoms. The number of fused-ring (bicyclic) bond motifs is 2. The molecule has 0 saturated carbocycles. The summed E-state index contributed by atoms with van der Waals surface area (Å²) in [5.41, 5.74) is 12.7. The van der Waals surface area contributed by atoms with Crippen molar-refractivity contribution in [3.05, 3.63) is 96.1 Å². The molecule has 6 aromatic rings. The van der Waals surface area contributed by atoms with E-state index in [1.54, 1.807) is 12.1 Å². The molecule has 6 rings (SSSR count). The second-order valence-corrected chi connectivity index (χ2v) is 12.3. The van der Waals surface area contributed by atoms with Crippen molar-refractivity contribution in [2.24, 2.45) is 0 Å². The quantitative estimate of drug-likeness (QED) is 0.142. The van der Waals surface area contributed by atoms with Gasteiger partial charge in [-0.1, -0.05) is 12.1 Å². The van der Waals surface area contributed by atoms with Crippen LogP contribution in [0.5, 0.6) is 0 Å². The number of aromatic amines is 2. The van der Waals surface area contributed by atoms with Crippen molar-refractivity contribution in [1.29, 1.82) is 0 Å². The van der Waals surface area contributed by atoms with E-state index in [0.29, 0.717) is 21.8 Å². The summed E-state index contributed by atoms with van der Waals surface area (Å²) in [5, 5.41) is 13.9. The Labute approximate surface area is 246 Å². The van der Waals surface area contributed by atoms with Gasteiger partial charge in [0.25, 0.3) is 20.0 Å². The zero-order valence-corrected chi connectivity index (χ0v) is 23.6. The fraction of sp³-hybridized carbons (Fsp3) is 0. The fourth-order valence-corrected chi connectivity index (χ4v) is 6.46. The van der Waals surface area contributed by atoms with Crippen molar-refractivity contribution < 1.29 is 34.4 Å². The van der Waals surface area contributed by atoms with Crippen molar-refractivity contribution in [2.45, 2.75) is 9.79 Å². The van der Waals surface area contributed by atoms with E-state index >= 15 is 0 Å². The van der Waals surface area contributed by atoms with Crippen molar-refractivity contribution in [3.8, 4) is 0 Å². The van der Waals surface area contributed by atoms with E-state index in [9.17, 15) is 34.4 Å². The van der Waals surface area contributed by atoms with E-state index in [-0.39, 0.29) is 23.0 Å². The van der Waals surface area contributed by atoms with Crippen LogP contribution in [-0.2, 0) is 20.0 Å². The minimum atomic E-state index is -4.41. The number of nitrogen functional groups attached to an aromatic ring is 2. The largest absolute Gasteiger partial charge is 0.382 e.